The highest BCUT2D eigenvalue weighted by atomic mass is 15.2. The zero-order valence-corrected chi connectivity index (χ0v) is 10.4. The zero-order chi connectivity index (χ0) is 11.4. The van der Waals surface area contributed by atoms with Gasteiger partial charge in [0.2, 0.25) is 0 Å². The Morgan fingerprint density at radius 3 is 2.62 bits per heavy atom. The van der Waals surface area contributed by atoms with E-state index in [9.17, 15) is 0 Å². The number of nitrogens with zero attached hydrogens (tertiary/aromatic N) is 1. The van der Waals surface area contributed by atoms with Gasteiger partial charge in [0, 0.05) is 24.8 Å². The first-order valence-corrected chi connectivity index (χ1v) is 6.40. The minimum atomic E-state index is 0.677. The standard InChI is InChI=1S/C14H22N2/c1-3-12-5-7-14(8-6-12)16-10-9-13(11-16)15-4-2/h5-8,13,15H,3-4,9-11H2,1-2H3. The van der Waals surface area contributed by atoms with Crippen molar-refractivity contribution in [2.75, 3.05) is 24.5 Å². The van der Waals surface area contributed by atoms with Crippen LogP contribution in [0.4, 0.5) is 5.69 Å². The van der Waals surface area contributed by atoms with Gasteiger partial charge in [-0.3, -0.25) is 0 Å². The third kappa shape index (κ3) is 2.56. The van der Waals surface area contributed by atoms with Gasteiger partial charge in [0.1, 0.15) is 0 Å². The third-order valence-electron chi connectivity index (χ3n) is 3.39. The highest BCUT2D eigenvalue weighted by molar-refractivity contribution is 5.48. The second-order valence-electron chi connectivity index (χ2n) is 4.51. The topological polar surface area (TPSA) is 15.3 Å². The Morgan fingerprint density at radius 2 is 2.00 bits per heavy atom. The van der Waals surface area contributed by atoms with E-state index in [4.69, 9.17) is 0 Å². The van der Waals surface area contributed by atoms with Crippen molar-refractivity contribution in [2.24, 2.45) is 0 Å². The van der Waals surface area contributed by atoms with E-state index in [1.165, 1.54) is 24.2 Å². The fourth-order valence-corrected chi connectivity index (χ4v) is 2.39. The molecule has 0 aromatic heterocycles. The summed E-state index contributed by atoms with van der Waals surface area (Å²) in [5, 5.41) is 3.53. The Labute approximate surface area is 98.7 Å². The molecule has 0 radical (unpaired) electrons. The average Bonchev–Trinajstić information content (AvgIpc) is 2.78. The fourth-order valence-electron chi connectivity index (χ4n) is 2.39. The average molecular weight is 218 g/mol. The number of benzene rings is 1. The van der Waals surface area contributed by atoms with Crippen molar-refractivity contribution in [1.82, 2.24) is 5.32 Å². The van der Waals surface area contributed by atoms with Crippen molar-refractivity contribution >= 4 is 5.69 Å². The monoisotopic (exact) mass is 218 g/mol. The summed E-state index contributed by atoms with van der Waals surface area (Å²) >= 11 is 0. The van der Waals surface area contributed by atoms with Crippen molar-refractivity contribution in [3.05, 3.63) is 29.8 Å². The number of hydrogen-bond acceptors (Lipinski definition) is 2. The minimum Gasteiger partial charge on any atom is -0.370 e. The molecular formula is C14H22N2. The molecule has 0 saturated carbocycles. The molecule has 1 aromatic carbocycles. The van der Waals surface area contributed by atoms with Gasteiger partial charge >= 0.3 is 0 Å². The summed E-state index contributed by atoms with van der Waals surface area (Å²) in [6.07, 6.45) is 2.39. The number of anilines is 1. The number of nitrogens with one attached hydrogen (secondary N) is 1. The van der Waals surface area contributed by atoms with Gasteiger partial charge in [-0.2, -0.15) is 0 Å². The van der Waals surface area contributed by atoms with Crippen LogP contribution < -0.4 is 10.2 Å². The molecule has 1 atom stereocenters. The Morgan fingerprint density at radius 1 is 1.25 bits per heavy atom. The summed E-state index contributed by atoms with van der Waals surface area (Å²) < 4.78 is 0. The molecule has 1 aliphatic heterocycles. The Balaban J connectivity index is 1.97. The van der Waals surface area contributed by atoms with Crippen molar-refractivity contribution in [2.45, 2.75) is 32.7 Å². The second kappa shape index (κ2) is 5.35. The van der Waals surface area contributed by atoms with E-state index < -0.39 is 0 Å². The van der Waals surface area contributed by atoms with Crippen LogP contribution in [-0.4, -0.2) is 25.7 Å². The number of likely N-dealkylation sites (N-methyl/N-ethyl adjacent to an activating group) is 1. The molecule has 1 aliphatic rings. The van der Waals surface area contributed by atoms with Crippen molar-refractivity contribution in [3.8, 4) is 0 Å². The molecule has 88 valence electrons. The van der Waals surface area contributed by atoms with Crippen LogP contribution >= 0.6 is 0 Å². The predicted octanol–water partition coefficient (Wildman–Crippen LogP) is 2.44. The first-order valence-electron chi connectivity index (χ1n) is 6.40. The van der Waals surface area contributed by atoms with Gasteiger partial charge in [-0.1, -0.05) is 26.0 Å². The lowest BCUT2D eigenvalue weighted by atomic mass is 10.1. The molecule has 0 amide bonds. The van der Waals surface area contributed by atoms with Crippen molar-refractivity contribution in [1.29, 1.82) is 0 Å². The van der Waals surface area contributed by atoms with Crippen LogP contribution in [0.3, 0.4) is 0 Å². The lowest BCUT2D eigenvalue weighted by Crippen LogP contribution is -2.32. The molecule has 1 N–H and O–H groups in total. The van der Waals surface area contributed by atoms with Crippen LogP contribution in [0, 0.1) is 0 Å². The molecule has 1 saturated heterocycles. The molecule has 2 nitrogen and oxygen atoms in total. The molecule has 1 unspecified atom stereocenters. The van der Waals surface area contributed by atoms with Crippen LogP contribution in [0.1, 0.15) is 25.8 Å². The molecule has 16 heavy (non-hydrogen) atoms. The molecule has 2 heteroatoms. The van der Waals surface area contributed by atoms with Gasteiger partial charge in [0.15, 0.2) is 0 Å². The number of rotatable bonds is 4. The largest absolute Gasteiger partial charge is 0.370 e. The van der Waals surface area contributed by atoms with Crippen LogP contribution in [0.25, 0.3) is 0 Å². The van der Waals surface area contributed by atoms with Crippen molar-refractivity contribution in [3.63, 3.8) is 0 Å². The quantitative estimate of drug-likeness (QED) is 0.835. The SMILES string of the molecule is CCNC1CCN(c2ccc(CC)cc2)C1. The molecule has 1 aromatic rings. The fraction of sp³-hybridized carbons (Fsp3) is 0.571. The molecule has 0 bridgehead atoms. The normalized spacial score (nSPS) is 20.4. The second-order valence-corrected chi connectivity index (χ2v) is 4.51. The highest BCUT2D eigenvalue weighted by Gasteiger charge is 2.21. The summed E-state index contributed by atoms with van der Waals surface area (Å²) in [6.45, 7) is 7.79. The zero-order valence-electron chi connectivity index (χ0n) is 10.4. The van der Waals surface area contributed by atoms with Gasteiger partial charge < -0.3 is 10.2 Å². The summed E-state index contributed by atoms with van der Waals surface area (Å²) in [4.78, 5) is 2.48. The van der Waals surface area contributed by atoms with Crippen LogP contribution in [0.5, 0.6) is 0 Å². The first kappa shape index (κ1) is 11.5. The van der Waals surface area contributed by atoms with Crippen LogP contribution in [-0.2, 0) is 6.42 Å². The van der Waals surface area contributed by atoms with E-state index in [1.807, 2.05) is 0 Å². The van der Waals surface area contributed by atoms with Crippen LogP contribution in [0.15, 0.2) is 24.3 Å². The maximum atomic E-state index is 3.53. The molecule has 1 heterocycles. The molecule has 0 spiro atoms. The van der Waals surface area contributed by atoms with E-state index in [1.54, 1.807) is 0 Å². The highest BCUT2D eigenvalue weighted by Crippen LogP contribution is 2.20. The van der Waals surface area contributed by atoms with E-state index in [0.717, 1.165) is 19.5 Å². The van der Waals surface area contributed by atoms with E-state index in [-0.39, 0.29) is 0 Å². The maximum Gasteiger partial charge on any atom is 0.0366 e. The molecular weight excluding hydrogens is 196 g/mol. The Hall–Kier alpha value is -1.02. The smallest absolute Gasteiger partial charge is 0.0366 e. The van der Waals surface area contributed by atoms with Gasteiger partial charge in [-0.25, -0.2) is 0 Å². The lowest BCUT2D eigenvalue weighted by Gasteiger charge is -2.19. The van der Waals surface area contributed by atoms with E-state index in [0.29, 0.717) is 6.04 Å². The minimum absolute atomic E-state index is 0.677. The Bertz CT molecular complexity index is 318. The number of aryl methyl sites for hydroxylation is 1. The van der Waals surface area contributed by atoms with Gasteiger partial charge in [0.05, 0.1) is 0 Å². The maximum absolute atomic E-state index is 3.53. The van der Waals surface area contributed by atoms with E-state index in [2.05, 4.69) is 48.3 Å². The molecule has 0 aliphatic carbocycles. The molecule has 2 rings (SSSR count). The van der Waals surface area contributed by atoms with Gasteiger partial charge in [0.25, 0.3) is 0 Å². The van der Waals surface area contributed by atoms with Crippen molar-refractivity contribution < 1.29 is 0 Å². The summed E-state index contributed by atoms with van der Waals surface area (Å²) in [7, 11) is 0. The Kier molecular flexibility index (Phi) is 3.83. The lowest BCUT2D eigenvalue weighted by molar-refractivity contribution is 0.572. The third-order valence-corrected chi connectivity index (χ3v) is 3.39. The molecule has 1 fully saturated rings. The van der Waals surface area contributed by atoms with Gasteiger partial charge in [-0.05, 0) is 37.1 Å². The summed E-state index contributed by atoms with van der Waals surface area (Å²) in [6, 6.07) is 9.68. The summed E-state index contributed by atoms with van der Waals surface area (Å²) in [5.41, 5.74) is 2.80. The summed E-state index contributed by atoms with van der Waals surface area (Å²) in [5.74, 6) is 0. The van der Waals surface area contributed by atoms with Crippen LogP contribution in [0.2, 0.25) is 0 Å². The van der Waals surface area contributed by atoms with E-state index >= 15 is 0 Å². The first-order chi connectivity index (χ1) is 7.83. The van der Waals surface area contributed by atoms with Gasteiger partial charge in [-0.15, -0.1) is 0 Å². The number of hydrogen-bond donors (Lipinski definition) is 1. The predicted molar refractivity (Wildman–Crippen MR) is 70.1 cm³/mol.